The highest BCUT2D eigenvalue weighted by Crippen LogP contribution is 2.37. The van der Waals surface area contributed by atoms with Crippen molar-refractivity contribution in [1.29, 1.82) is 0 Å². The summed E-state index contributed by atoms with van der Waals surface area (Å²) in [5.41, 5.74) is -0.988. The van der Waals surface area contributed by atoms with Crippen molar-refractivity contribution in [2.24, 2.45) is 0 Å². The molecule has 0 radical (unpaired) electrons. The summed E-state index contributed by atoms with van der Waals surface area (Å²) in [6.07, 6.45) is 1.48. The summed E-state index contributed by atoms with van der Waals surface area (Å²) in [4.78, 5) is 8.24. The lowest BCUT2D eigenvalue weighted by Gasteiger charge is -2.15. The maximum Gasteiger partial charge on any atom is 0.418 e. The second-order valence-electron chi connectivity index (χ2n) is 5.70. The molecule has 2 N–H and O–H groups in total. The number of rotatable bonds is 4. The highest BCUT2D eigenvalue weighted by molar-refractivity contribution is 6.30. The molecule has 128 valence electrons. The van der Waals surface area contributed by atoms with Gasteiger partial charge in [-0.05, 0) is 37.1 Å². The molecule has 0 amide bonds. The van der Waals surface area contributed by atoms with Crippen LogP contribution in [-0.4, -0.2) is 16.0 Å². The smallest absolute Gasteiger partial charge is 0.367 e. The maximum atomic E-state index is 13.1. The minimum atomic E-state index is -4.52. The fourth-order valence-corrected chi connectivity index (χ4v) is 2.93. The third-order valence-corrected chi connectivity index (χ3v) is 4.13. The number of hydrogen-bond acceptors (Lipinski definition) is 4. The first-order valence-corrected chi connectivity index (χ1v) is 8.03. The molecule has 0 spiro atoms. The van der Waals surface area contributed by atoms with E-state index in [9.17, 15) is 13.2 Å². The van der Waals surface area contributed by atoms with E-state index in [1.54, 1.807) is 6.07 Å². The molecule has 1 aromatic heterocycles. The van der Waals surface area contributed by atoms with Gasteiger partial charge in [-0.1, -0.05) is 24.4 Å². The first kappa shape index (κ1) is 16.8. The van der Waals surface area contributed by atoms with Gasteiger partial charge in [0.1, 0.15) is 5.82 Å². The lowest BCUT2D eigenvalue weighted by atomic mass is 10.1. The van der Waals surface area contributed by atoms with Crippen LogP contribution in [0.1, 0.15) is 31.2 Å². The van der Waals surface area contributed by atoms with E-state index in [1.807, 2.05) is 0 Å². The van der Waals surface area contributed by atoms with Crippen molar-refractivity contribution in [3.63, 3.8) is 0 Å². The van der Waals surface area contributed by atoms with Gasteiger partial charge in [0, 0.05) is 17.3 Å². The van der Waals surface area contributed by atoms with E-state index >= 15 is 0 Å². The Balaban J connectivity index is 1.81. The van der Waals surface area contributed by atoms with Gasteiger partial charge in [-0.15, -0.1) is 0 Å². The Morgan fingerprint density at radius 1 is 1.12 bits per heavy atom. The van der Waals surface area contributed by atoms with Crippen LogP contribution in [0.25, 0.3) is 0 Å². The van der Waals surface area contributed by atoms with Crippen molar-refractivity contribution in [2.75, 3.05) is 10.6 Å². The topological polar surface area (TPSA) is 49.8 Å². The molecule has 2 aromatic rings. The van der Waals surface area contributed by atoms with Crippen molar-refractivity contribution in [1.82, 2.24) is 9.97 Å². The van der Waals surface area contributed by atoms with Gasteiger partial charge in [-0.3, -0.25) is 0 Å². The quantitative estimate of drug-likeness (QED) is 0.785. The fraction of sp³-hybridized carbons (Fsp3) is 0.375. The molecule has 1 aliphatic carbocycles. The van der Waals surface area contributed by atoms with Crippen LogP contribution in [0.5, 0.6) is 0 Å². The summed E-state index contributed by atoms with van der Waals surface area (Å²) < 4.78 is 39.4. The van der Waals surface area contributed by atoms with Crippen LogP contribution in [0.15, 0.2) is 30.5 Å². The Labute approximate surface area is 142 Å². The average molecular weight is 357 g/mol. The van der Waals surface area contributed by atoms with Crippen LogP contribution in [0.4, 0.5) is 30.6 Å². The zero-order chi connectivity index (χ0) is 17.2. The minimum Gasteiger partial charge on any atom is -0.367 e. The van der Waals surface area contributed by atoms with Gasteiger partial charge in [0.2, 0.25) is 5.95 Å². The largest absolute Gasteiger partial charge is 0.418 e. The number of alkyl halides is 3. The molecule has 3 rings (SSSR count). The number of aromatic nitrogens is 2. The van der Waals surface area contributed by atoms with Crippen molar-refractivity contribution in [2.45, 2.75) is 37.9 Å². The van der Waals surface area contributed by atoms with Gasteiger partial charge in [0.15, 0.2) is 0 Å². The van der Waals surface area contributed by atoms with E-state index in [0.29, 0.717) is 11.9 Å². The third-order valence-electron chi connectivity index (χ3n) is 3.90. The van der Waals surface area contributed by atoms with Gasteiger partial charge in [-0.2, -0.15) is 18.2 Å². The first-order valence-electron chi connectivity index (χ1n) is 7.65. The second kappa shape index (κ2) is 6.84. The van der Waals surface area contributed by atoms with Crippen LogP contribution in [0, 0.1) is 0 Å². The van der Waals surface area contributed by atoms with E-state index < -0.39 is 11.7 Å². The minimum absolute atomic E-state index is 0.0189. The van der Waals surface area contributed by atoms with Gasteiger partial charge in [0.25, 0.3) is 0 Å². The molecular formula is C16H16ClF3N4. The Kier molecular flexibility index (Phi) is 4.80. The van der Waals surface area contributed by atoms with Crippen LogP contribution in [0.3, 0.4) is 0 Å². The van der Waals surface area contributed by atoms with Gasteiger partial charge in [0.05, 0.1) is 11.3 Å². The lowest BCUT2D eigenvalue weighted by Crippen LogP contribution is -2.16. The van der Waals surface area contributed by atoms with Crippen LogP contribution in [-0.2, 0) is 6.18 Å². The normalized spacial score (nSPS) is 15.5. The monoisotopic (exact) mass is 356 g/mol. The van der Waals surface area contributed by atoms with Gasteiger partial charge >= 0.3 is 6.18 Å². The first-order chi connectivity index (χ1) is 11.4. The zero-order valence-electron chi connectivity index (χ0n) is 12.7. The predicted octanol–water partition coefficient (Wildman–Crippen LogP) is 5.25. The van der Waals surface area contributed by atoms with Crippen molar-refractivity contribution < 1.29 is 13.2 Å². The molecule has 24 heavy (non-hydrogen) atoms. The number of benzene rings is 1. The summed E-state index contributed by atoms with van der Waals surface area (Å²) >= 11 is 5.68. The summed E-state index contributed by atoms with van der Waals surface area (Å²) in [7, 11) is 0. The van der Waals surface area contributed by atoms with Crippen molar-refractivity contribution >= 4 is 29.1 Å². The van der Waals surface area contributed by atoms with E-state index in [0.717, 1.165) is 18.9 Å². The standard InChI is InChI=1S/C16H16ClF3N4/c17-10-5-6-13(12(9-10)16(18,19)20)23-15-21-8-7-14(24-15)22-11-3-1-2-4-11/h5-9,11H,1-4H2,(H2,21,22,23,24). The average Bonchev–Trinajstić information content (AvgIpc) is 3.01. The molecule has 1 aromatic carbocycles. The molecule has 0 aliphatic heterocycles. The number of anilines is 3. The number of nitrogens with one attached hydrogen (secondary N) is 2. The summed E-state index contributed by atoms with van der Waals surface area (Å²) in [6, 6.07) is 5.60. The molecule has 8 heteroatoms. The molecule has 1 saturated carbocycles. The Morgan fingerprint density at radius 3 is 2.58 bits per heavy atom. The Morgan fingerprint density at radius 2 is 1.88 bits per heavy atom. The lowest BCUT2D eigenvalue weighted by molar-refractivity contribution is -0.136. The number of hydrogen-bond donors (Lipinski definition) is 2. The van der Waals surface area contributed by atoms with E-state index in [-0.39, 0.29) is 16.7 Å². The maximum absolute atomic E-state index is 13.1. The Bertz CT molecular complexity index is 715. The zero-order valence-corrected chi connectivity index (χ0v) is 13.5. The van der Waals surface area contributed by atoms with E-state index in [2.05, 4.69) is 20.6 Å². The molecule has 1 fully saturated rings. The molecule has 1 aliphatic rings. The molecule has 4 nitrogen and oxygen atoms in total. The summed E-state index contributed by atoms with van der Waals surface area (Å²) in [5.74, 6) is 0.702. The molecule has 0 saturated heterocycles. The summed E-state index contributed by atoms with van der Waals surface area (Å²) in [5, 5.41) is 5.94. The summed E-state index contributed by atoms with van der Waals surface area (Å²) in [6.45, 7) is 0. The van der Waals surface area contributed by atoms with Crippen molar-refractivity contribution in [3.05, 3.63) is 41.0 Å². The van der Waals surface area contributed by atoms with Gasteiger partial charge < -0.3 is 10.6 Å². The van der Waals surface area contributed by atoms with E-state index in [1.165, 1.54) is 31.2 Å². The van der Waals surface area contributed by atoms with Crippen LogP contribution < -0.4 is 10.6 Å². The second-order valence-corrected chi connectivity index (χ2v) is 6.14. The molecule has 1 heterocycles. The molecule has 0 atom stereocenters. The highest BCUT2D eigenvalue weighted by atomic mass is 35.5. The van der Waals surface area contributed by atoms with Crippen LogP contribution >= 0.6 is 11.6 Å². The predicted molar refractivity (Wildman–Crippen MR) is 87.6 cm³/mol. The van der Waals surface area contributed by atoms with E-state index in [4.69, 9.17) is 11.6 Å². The highest BCUT2D eigenvalue weighted by Gasteiger charge is 2.34. The SMILES string of the molecule is FC(F)(F)c1cc(Cl)ccc1Nc1nccc(NC2CCCC2)n1. The molecular weight excluding hydrogens is 341 g/mol. The number of halogens is 4. The number of nitrogens with zero attached hydrogens (tertiary/aromatic N) is 2. The molecule has 0 bridgehead atoms. The third kappa shape index (κ3) is 4.08. The fourth-order valence-electron chi connectivity index (χ4n) is 2.76. The van der Waals surface area contributed by atoms with Crippen molar-refractivity contribution in [3.8, 4) is 0 Å². The molecule has 0 unspecified atom stereocenters. The Hall–Kier alpha value is -2.02. The van der Waals surface area contributed by atoms with Gasteiger partial charge in [-0.25, -0.2) is 4.98 Å². The van der Waals surface area contributed by atoms with Crippen LogP contribution in [0.2, 0.25) is 5.02 Å².